The highest BCUT2D eigenvalue weighted by Gasteiger charge is 2.24. The summed E-state index contributed by atoms with van der Waals surface area (Å²) in [5, 5.41) is 12.2. The zero-order valence-corrected chi connectivity index (χ0v) is 11.3. The number of nitriles is 1. The van der Waals surface area contributed by atoms with E-state index >= 15 is 0 Å². The van der Waals surface area contributed by atoms with Crippen molar-refractivity contribution in [1.29, 1.82) is 5.26 Å². The molecule has 0 aromatic rings. The van der Waals surface area contributed by atoms with Gasteiger partial charge in [0.15, 0.2) is 0 Å². The van der Waals surface area contributed by atoms with Gasteiger partial charge >= 0.3 is 0 Å². The Bertz CT molecular complexity index is 256. The minimum absolute atomic E-state index is 0.386. The first-order valence-corrected chi connectivity index (χ1v) is 6.45. The van der Waals surface area contributed by atoms with Crippen molar-refractivity contribution in [2.24, 2.45) is 5.92 Å². The molecule has 1 rings (SSSR count). The van der Waals surface area contributed by atoms with Gasteiger partial charge in [0.1, 0.15) is 5.54 Å². The van der Waals surface area contributed by atoms with Gasteiger partial charge in [-0.3, -0.25) is 0 Å². The molecule has 1 atom stereocenters. The molecule has 1 unspecified atom stereocenters. The summed E-state index contributed by atoms with van der Waals surface area (Å²) in [7, 11) is 3.63. The Hall–Kier alpha value is -0.630. The van der Waals surface area contributed by atoms with Crippen molar-refractivity contribution in [3.63, 3.8) is 0 Å². The van der Waals surface area contributed by atoms with Gasteiger partial charge in [0, 0.05) is 20.3 Å². The lowest BCUT2D eigenvalue weighted by Crippen LogP contribution is -2.43. The number of hydrogen-bond donors (Lipinski definition) is 1. The third-order valence-electron chi connectivity index (χ3n) is 3.84. The number of piperidine rings is 1. The molecule has 0 bridgehead atoms. The van der Waals surface area contributed by atoms with E-state index in [-0.39, 0.29) is 5.54 Å². The Morgan fingerprint density at radius 1 is 1.47 bits per heavy atom. The zero-order chi connectivity index (χ0) is 12.7. The smallest absolute Gasteiger partial charge is 0.104 e. The highest BCUT2D eigenvalue weighted by atomic mass is 16.5. The normalized spacial score (nSPS) is 22.0. The lowest BCUT2D eigenvalue weighted by atomic mass is 9.95. The maximum absolute atomic E-state index is 9.08. The van der Waals surface area contributed by atoms with Crippen molar-refractivity contribution in [1.82, 2.24) is 10.2 Å². The Kier molecular flexibility index (Phi) is 5.90. The van der Waals surface area contributed by atoms with E-state index in [1.54, 1.807) is 7.11 Å². The molecular weight excluding hydrogens is 214 g/mol. The Morgan fingerprint density at radius 2 is 2.12 bits per heavy atom. The van der Waals surface area contributed by atoms with Crippen molar-refractivity contribution >= 4 is 0 Å². The molecule has 1 heterocycles. The molecule has 0 aliphatic carbocycles. The van der Waals surface area contributed by atoms with Crippen LogP contribution in [0.2, 0.25) is 0 Å². The SMILES string of the molecule is CNC(C)(C#N)CCN1CCC(COC)CC1. The van der Waals surface area contributed by atoms with Crippen LogP contribution >= 0.6 is 0 Å². The monoisotopic (exact) mass is 239 g/mol. The van der Waals surface area contributed by atoms with Gasteiger partial charge in [0.25, 0.3) is 0 Å². The highest BCUT2D eigenvalue weighted by Crippen LogP contribution is 2.18. The molecule has 17 heavy (non-hydrogen) atoms. The summed E-state index contributed by atoms with van der Waals surface area (Å²) in [6.07, 6.45) is 3.32. The summed E-state index contributed by atoms with van der Waals surface area (Å²) < 4.78 is 5.19. The number of nitrogens with one attached hydrogen (secondary N) is 1. The molecule has 1 aliphatic heterocycles. The predicted molar refractivity (Wildman–Crippen MR) is 68.7 cm³/mol. The number of likely N-dealkylation sites (tertiary alicyclic amines) is 1. The summed E-state index contributed by atoms with van der Waals surface area (Å²) in [5.74, 6) is 0.725. The number of hydrogen-bond acceptors (Lipinski definition) is 4. The van der Waals surface area contributed by atoms with E-state index in [0.717, 1.165) is 38.6 Å². The van der Waals surface area contributed by atoms with Gasteiger partial charge in [0.05, 0.1) is 6.07 Å². The Morgan fingerprint density at radius 3 is 2.59 bits per heavy atom. The number of ether oxygens (including phenoxy) is 1. The highest BCUT2D eigenvalue weighted by molar-refractivity contribution is 5.03. The summed E-state index contributed by atoms with van der Waals surface area (Å²) in [5.41, 5.74) is -0.386. The van der Waals surface area contributed by atoms with Crippen LogP contribution in [0.5, 0.6) is 0 Å². The average Bonchev–Trinajstić information content (AvgIpc) is 2.38. The van der Waals surface area contributed by atoms with Crippen LogP contribution in [-0.2, 0) is 4.74 Å². The van der Waals surface area contributed by atoms with Gasteiger partial charge in [-0.1, -0.05) is 0 Å². The van der Waals surface area contributed by atoms with Crippen LogP contribution in [0.4, 0.5) is 0 Å². The lowest BCUT2D eigenvalue weighted by Gasteiger charge is -2.33. The van der Waals surface area contributed by atoms with Crippen molar-refractivity contribution in [3.05, 3.63) is 0 Å². The van der Waals surface area contributed by atoms with Crippen LogP contribution in [0.1, 0.15) is 26.2 Å². The van der Waals surface area contributed by atoms with Crippen LogP contribution in [0, 0.1) is 17.2 Å². The predicted octanol–water partition coefficient (Wildman–Crippen LogP) is 1.24. The molecule has 0 radical (unpaired) electrons. The number of methoxy groups -OCH3 is 1. The quantitative estimate of drug-likeness (QED) is 0.757. The van der Waals surface area contributed by atoms with Gasteiger partial charge in [-0.2, -0.15) is 5.26 Å². The second-order valence-corrected chi connectivity index (χ2v) is 5.18. The van der Waals surface area contributed by atoms with E-state index in [9.17, 15) is 0 Å². The molecule has 4 heteroatoms. The third kappa shape index (κ3) is 4.63. The summed E-state index contributed by atoms with van der Waals surface area (Å²) >= 11 is 0. The van der Waals surface area contributed by atoms with E-state index in [0.29, 0.717) is 0 Å². The first-order chi connectivity index (χ1) is 8.13. The molecule has 1 fully saturated rings. The van der Waals surface area contributed by atoms with Crippen molar-refractivity contribution in [2.45, 2.75) is 31.7 Å². The molecule has 98 valence electrons. The summed E-state index contributed by atoms with van der Waals surface area (Å²) in [6, 6.07) is 2.34. The molecule has 1 saturated heterocycles. The fourth-order valence-corrected chi connectivity index (χ4v) is 2.23. The fraction of sp³-hybridized carbons (Fsp3) is 0.923. The molecule has 0 amide bonds. The van der Waals surface area contributed by atoms with Gasteiger partial charge in [-0.25, -0.2) is 0 Å². The van der Waals surface area contributed by atoms with Crippen molar-refractivity contribution in [3.8, 4) is 6.07 Å². The maximum atomic E-state index is 9.08. The van der Waals surface area contributed by atoms with Crippen LogP contribution in [-0.4, -0.2) is 50.8 Å². The average molecular weight is 239 g/mol. The van der Waals surface area contributed by atoms with E-state index in [2.05, 4.69) is 16.3 Å². The minimum atomic E-state index is -0.386. The zero-order valence-electron chi connectivity index (χ0n) is 11.3. The van der Waals surface area contributed by atoms with Gasteiger partial charge in [-0.05, 0) is 52.2 Å². The first kappa shape index (κ1) is 14.4. The van der Waals surface area contributed by atoms with Crippen molar-refractivity contribution < 1.29 is 4.74 Å². The Labute approximate surface area is 105 Å². The first-order valence-electron chi connectivity index (χ1n) is 6.45. The van der Waals surface area contributed by atoms with Crippen LogP contribution in [0.3, 0.4) is 0 Å². The van der Waals surface area contributed by atoms with E-state index < -0.39 is 0 Å². The lowest BCUT2D eigenvalue weighted by molar-refractivity contribution is 0.0969. The maximum Gasteiger partial charge on any atom is 0.104 e. The molecular formula is C13H25N3O. The van der Waals surface area contributed by atoms with Crippen LogP contribution in [0.25, 0.3) is 0 Å². The minimum Gasteiger partial charge on any atom is -0.384 e. The molecule has 0 spiro atoms. The van der Waals surface area contributed by atoms with E-state index in [1.807, 2.05) is 14.0 Å². The Balaban J connectivity index is 2.25. The second kappa shape index (κ2) is 6.95. The number of rotatable bonds is 6. The van der Waals surface area contributed by atoms with E-state index in [1.165, 1.54) is 12.8 Å². The van der Waals surface area contributed by atoms with Gasteiger partial charge < -0.3 is 15.0 Å². The van der Waals surface area contributed by atoms with Gasteiger partial charge in [0.2, 0.25) is 0 Å². The molecule has 1 aliphatic rings. The van der Waals surface area contributed by atoms with Crippen LogP contribution in [0.15, 0.2) is 0 Å². The molecule has 1 N–H and O–H groups in total. The van der Waals surface area contributed by atoms with E-state index in [4.69, 9.17) is 10.00 Å². The summed E-state index contributed by atoms with van der Waals surface area (Å²) in [4.78, 5) is 2.46. The molecule has 0 saturated carbocycles. The standard InChI is InChI=1S/C13H25N3O/c1-13(11-14,15-2)6-9-16-7-4-12(5-8-16)10-17-3/h12,15H,4-10H2,1-3H3. The summed E-state index contributed by atoms with van der Waals surface area (Å²) in [6.45, 7) is 6.13. The molecule has 0 aromatic carbocycles. The number of nitrogens with zero attached hydrogens (tertiary/aromatic N) is 2. The molecule has 0 aromatic heterocycles. The van der Waals surface area contributed by atoms with Crippen molar-refractivity contribution in [2.75, 3.05) is 40.4 Å². The fourth-order valence-electron chi connectivity index (χ4n) is 2.23. The second-order valence-electron chi connectivity index (χ2n) is 5.18. The largest absolute Gasteiger partial charge is 0.384 e. The van der Waals surface area contributed by atoms with Crippen LogP contribution < -0.4 is 5.32 Å². The van der Waals surface area contributed by atoms with Gasteiger partial charge in [-0.15, -0.1) is 0 Å². The molecule has 4 nitrogen and oxygen atoms in total. The third-order valence-corrected chi connectivity index (χ3v) is 3.84. The topological polar surface area (TPSA) is 48.3 Å².